The van der Waals surface area contributed by atoms with Crippen LogP contribution in [0.15, 0.2) is 77.3 Å². The molecule has 5 fully saturated rings. The van der Waals surface area contributed by atoms with Crippen LogP contribution < -0.4 is 11.1 Å². The van der Waals surface area contributed by atoms with Crippen molar-refractivity contribution in [2.24, 2.45) is 29.4 Å². The van der Waals surface area contributed by atoms with E-state index in [0.717, 1.165) is 104 Å². The standard InChI is InChI=1S/C48H50N8O5/c1-22(2)41(49)46(57)55-29-16-28(17-29)43(55)45-50-21-34(53-45)25-8-6-24(7-9-25)30-11-12-31(40-38-15-14-37(61-38)39(30)40)26-10-13-32-33(18-26)52-44(51-32)36-20-27-19-35(27)56(36)47(58)42(23(3)4)54-48(59)60-5/h6-15,18,21-23,27-29,35-36,41-43H,16-17,19-20,49H2,1-5H3,(H,50,53)(H,51,52)(H,54,59)/t27?,28?,29?,35?,36-,41+,42+,43+/m1/s1. The zero-order chi connectivity index (χ0) is 42.0. The largest absolute Gasteiger partial charge is 0.456 e. The van der Waals surface area contributed by atoms with E-state index in [2.05, 4.69) is 63.8 Å². The predicted molar refractivity (Wildman–Crippen MR) is 232 cm³/mol. The van der Waals surface area contributed by atoms with Crippen molar-refractivity contribution < 1.29 is 23.5 Å². The highest BCUT2D eigenvalue weighted by atomic mass is 16.5. The first-order valence-electron chi connectivity index (χ1n) is 21.6. The molecule has 13 nitrogen and oxygen atoms in total. The van der Waals surface area contributed by atoms with Gasteiger partial charge in [0.15, 0.2) is 0 Å². The summed E-state index contributed by atoms with van der Waals surface area (Å²) in [7, 11) is 1.31. The SMILES string of the molecule is COC(=O)N[C@H](C(=O)N1C2CC2C[C@@H]1c1nc2ccc(-c3ccc(-c4ccc(-c5cnc([C@@H]6C7CC(C7)N6C(=O)[C@@H](N)C(C)C)[nH]5)cc4)c4c5ccc(o5)c34)cc2[nH]1)C(C)C. The first kappa shape index (κ1) is 37.8. The van der Waals surface area contributed by atoms with E-state index in [0.29, 0.717) is 11.8 Å². The average Bonchev–Trinajstić information content (AvgIpc) is 4.02. The van der Waals surface area contributed by atoms with Crippen LogP contribution in [0.3, 0.4) is 0 Å². The van der Waals surface area contributed by atoms with Crippen LogP contribution in [0.25, 0.3) is 66.5 Å². The molecule has 61 heavy (non-hydrogen) atoms. The van der Waals surface area contributed by atoms with Crippen molar-refractivity contribution in [3.05, 3.63) is 84.6 Å². The Morgan fingerprint density at radius 2 is 1.48 bits per heavy atom. The lowest BCUT2D eigenvalue weighted by Gasteiger charge is -2.31. The Balaban J connectivity index is 0.867. The summed E-state index contributed by atoms with van der Waals surface area (Å²) in [5, 5.41) is 4.90. The Labute approximate surface area is 352 Å². The molecule has 7 aromatic rings. The lowest BCUT2D eigenvalue weighted by molar-refractivity contribution is -0.137. The molecule has 4 aromatic heterocycles. The van der Waals surface area contributed by atoms with Crippen LogP contribution in [0.2, 0.25) is 0 Å². The number of fused-ring (bicyclic) bond motifs is 8. The minimum absolute atomic E-state index is 0.0235. The second-order valence-corrected chi connectivity index (χ2v) is 18.5. The molecule has 3 aromatic carbocycles. The molecule has 312 valence electrons. The molecule has 13 heteroatoms. The van der Waals surface area contributed by atoms with Gasteiger partial charge in [0.25, 0.3) is 0 Å². The molecule has 3 amide bonds. The number of benzene rings is 4. The fourth-order valence-corrected chi connectivity index (χ4v) is 10.6. The third-order valence-electron chi connectivity index (χ3n) is 14.1. The Kier molecular flexibility index (Phi) is 8.61. The van der Waals surface area contributed by atoms with E-state index in [9.17, 15) is 14.4 Å². The van der Waals surface area contributed by atoms with Crippen LogP contribution in [0, 0.1) is 23.7 Å². The van der Waals surface area contributed by atoms with Crippen LogP contribution in [-0.4, -0.2) is 78.9 Å². The summed E-state index contributed by atoms with van der Waals surface area (Å²) in [4.78, 5) is 60.5. The van der Waals surface area contributed by atoms with Crippen molar-refractivity contribution in [1.82, 2.24) is 35.1 Å². The number of hydrogen-bond acceptors (Lipinski definition) is 8. The summed E-state index contributed by atoms with van der Waals surface area (Å²) in [5.74, 6) is 2.33. The van der Waals surface area contributed by atoms with E-state index in [4.69, 9.17) is 24.9 Å². The van der Waals surface area contributed by atoms with Gasteiger partial charge in [0.2, 0.25) is 11.8 Å². The number of alkyl carbamates (subject to hydrolysis) is 1. The van der Waals surface area contributed by atoms with Crippen molar-refractivity contribution in [2.75, 3.05) is 7.11 Å². The Bertz CT molecular complexity index is 2850. The van der Waals surface area contributed by atoms with Crippen molar-refractivity contribution in [3.63, 3.8) is 0 Å². The summed E-state index contributed by atoms with van der Waals surface area (Å²) in [6.45, 7) is 7.85. The molecule has 2 unspecified atom stereocenters. The number of hydrogen-bond donors (Lipinski definition) is 4. The number of imidazole rings is 2. The van der Waals surface area contributed by atoms with Gasteiger partial charge in [-0.1, -0.05) is 70.2 Å². The fraction of sp³-hybridized carbons (Fsp3) is 0.396. The third-order valence-corrected chi connectivity index (χ3v) is 14.1. The maximum absolute atomic E-state index is 14.0. The van der Waals surface area contributed by atoms with E-state index in [1.807, 2.05) is 61.9 Å². The maximum Gasteiger partial charge on any atom is 0.407 e. The number of ether oxygens (including phenoxy) is 1. The highest BCUT2D eigenvalue weighted by Gasteiger charge is 2.57. The second kappa shape index (κ2) is 13.9. The number of nitrogens with one attached hydrogen (secondary N) is 3. The molecular formula is C48H50N8O5. The summed E-state index contributed by atoms with van der Waals surface area (Å²) >= 11 is 0. The number of piperidine rings is 1. The Morgan fingerprint density at radius 1 is 0.787 bits per heavy atom. The van der Waals surface area contributed by atoms with E-state index >= 15 is 0 Å². The van der Waals surface area contributed by atoms with Crippen LogP contribution in [-0.2, 0) is 14.3 Å². The van der Waals surface area contributed by atoms with Gasteiger partial charge in [-0.2, -0.15) is 0 Å². The highest BCUT2D eigenvalue weighted by molar-refractivity contribution is 6.19. The summed E-state index contributed by atoms with van der Waals surface area (Å²) in [6.07, 6.45) is 5.09. The van der Waals surface area contributed by atoms with Crippen molar-refractivity contribution >= 4 is 50.9 Å². The van der Waals surface area contributed by atoms with Crippen LogP contribution in [0.5, 0.6) is 0 Å². The minimum atomic E-state index is -0.688. The normalized spacial score (nSPS) is 23.9. The molecule has 4 bridgehead atoms. The number of methoxy groups -OCH3 is 1. The number of H-pyrrole nitrogens is 2. The van der Waals surface area contributed by atoms with E-state index in [1.165, 1.54) is 7.11 Å². The molecule has 5 N–H and O–H groups in total. The monoisotopic (exact) mass is 818 g/mol. The lowest BCUT2D eigenvalue weighted by atomic mass is 9.83. The second-order valence-electron chi connectivity index (χ2n) is 18.5. The number of nitrogens with two attached hydrogens (primary N) is 1. The number of rotatable bonds is 10. The van der Waals surface area contributed by atoms with Crippen LogP contribution >= 0.6 is 0 Å². The van der Waals surface area contributed by atoms with Gasteiger partial charge in [-0.25, -0.2) is 14.8 Å². The van der Waals surface area contributed by atoms with E-state index in [1.54, 1.807) is 0 Å². The Morgan fingerprint density at radius 3 is 2.16 bits per heavy atom. The van der Waals surface area contributed by atoms with Gasteiger partial charge in [-0.3, -0.25) is 9.59 Å². The fourth-order valence-electron chi connectivity index (χ4n) is 10.6. The topological polar surface area (TPSA) is 175 Å². The van der Waals surface area contributed by atoms with Crippen molar-refractivity contribution in [1.29, 1.82) is 0 Å². The summed E-state index contributed by atoms with van der Waals surface area (Å²) in [6, 6.07) is 22.1. The summed E-state index contributed by atoms with van der Waals surface area (Å²) < 4.78 is 11.2. The molecule has 12 rings (SSSR count). The predicted octanol–water partition coefficient (Wildman–Crippen LogP) is 8.31. The first-order valence-corrected chi connectivity index (χ1v) is 21.6. The van der Waals surface area contributed by atoms with E-state index in [-0.39, 0.29) is 47.8 Å². The number of likely N-dealkylation sites (tertiary alicyclic amines) is 1. The minimum Gasteiger partial charge on any atom is -0.456 e. The quantitative estimate of drug-likeness (QED) is 0.107. The van der Waals surface area contributed by atoms with Gasteiger partial charge in [-0.05, 0) is 101 Å². The number of carbonyl (C=O) groups excluding carboxylic acids is 3. The molecular weight excluding hydrogens is 769 g/mol. The molecule has 2 saturated carbocycles. The number of furan rings is 2. The van der Waals surface area contributed by atoms with Crippen LogP contribution in [0.1, 0.15) is 77.1 Å². The van der Waals surface area contributed by atoms with Crippen LogP contribution in [0.4, 0.5) is 4.79 Å². The van der Waals surface area contributed by atoms with Gasteiger partial charge in [0.1, 0.15) is 28.9 Å². The maximum atomic E-state index is 14.0. The van der Waals surface area contributed by atoms with Gasteiger partial charge in [0.05, 0.1) is 48.2 Å². The first-order chi connectivity index (χ1) is 29.5. The zero-order valence-electron chi connectivity index (χ0n) is 34.9. The smallest absolute Gasteiger partial charge is 0.407 e. The number of carbonyl (C=O) groups is 3. The van der Waals surface area contributed by atoms with E-state index < -0.39 is 18.2 Å². The summed E-state index contributed by atoms with van der Waals surface area (Å²) in [5.41, 5.74) is 15.9. The highest BCUT2D eigenvalue weighted by Crippen LogP contribution is 2.55. The molecule has 0 radical (unpaired) electrons. The van der Waals surface area contributed by atoms with Crippen molar-refractivity contribution in [2.45, 2.75) is 89.6 Å². The molecule has 5 aliphatic rings. The number of nitrogens with zero attached hydrogens (tertiary/aromatic N) is 4. The Hall–Kier alpha value is -6.21. The van der Waals surface area contributed by atoms with Crippen molar-refractivity contribution in [3.8, 4) is 33.5 Å². The molecule has 7 heterocycles. The number of aromatic nitrogens is 4. The van der Waals surface area contributed by atoms with Gasteiger partial charge >= 0.3 is 6.09 Å². The molecule has 3 saturated heterocycles. The molecule has 3 aliphatic heterocycles. The van der Waals surface area contributed by atoms with Gasteiger partial charge in [0, 0.05) is 22.9 Å². The zero-order valence-corrected chi connectivity index (χ0v) is 34.9. The lowest BCUT2D eigenvalue weighted by Crippen LogP contribution is -2.52. The average molecular weight is 819 g/mol. The third kappa shape index (κ3) is 5.94. The van der Waals surface area contributed by atoms with Gasteiger partial charge in [-0.15, -0.1) is 0 Å². The van der Waals surface area contributed by atoms with Gasteiger partial charge < -0.3 is 40.0 Å². The molecule has 6 atom stereocenters. The number of amides is 3. The molecule has 2 aliphatic carbocycles. The molecule has 0 spiro atoms. The number of aromatic amines is 2.